The summed E-state index contributed by atoms with van der Waals surface area (Å²) in [5, 5.41) is 3.75. The van der Waals surface area contributed by atoms with Crippen molar-refractivity contribution in [1.29, 1.82) is 0 Å². The van der Waals surface area contributed by atoms with E-state index < -0.39 is 9.05 Å². The van der Waals surface area contributed by atoms with Crippen LogP contribution in [0.4, 0.5) is 0 Å². The van der Waals surface area contributed by atoms with Crippen LogP contribution in [-0.2, 0) is 13.8 Å². The highest BCUT2D eigenvalue weighted by atomic mass is 35.7. The average molecular weight is 372 g/mol. The van der Waals surface area contributed by atoms with E-state index in [0.29, 0.717) is 37.4 Å². The minimum atomic E-state index is -3.89. The summed E-state index contributed by atoms with van der Waals surface area (Å²) in [5.74, 6) is -0.412. The van der Waals surface area contributed by atoms with E-state index in [0.717, 1.165) is 0 Å². The highest BCUT2D eigenvalue weighted by Gasteiger charge is 2.25. The molecule has 0 radical (unpaired) electrons. The van der Waals surface area contributed by atoms with Crippen LogP contribution < -0.4 is 0 Å². The fourth-order valence-corrected chi connectivity index (χ4v) is 3.55. The van der Waals surface area contributed by atoms with E-state index in [1.807, 2.05) is 0 Å². The number of carbonyl (C=O) groups excluding carboxylic acids is 1. The Morgan fingerprint density at radius 1 is 1.29 bits per heavy atom. The molecule has 2 heterocycles. The van der Waals surface area contributed by atoms with Gasteiger partial charge in [0.15, 0.2) is 0 Å². The summed E-state index contributed by atoms with van der Waals surface area (Å²) >= 11 is 0. The lowest BCUT2D eigenvalue weighted by atomic mass is 10.1. The van der Waals surface area contributed by atoms with Crippen LogP contribution in [0.1, 0.15) is 16.2 Å². The van der Waals surface area contributed by atoms with Crippen LogP contribution in [0.5, 0.6) is 0 Å². The van der Waals surface area contributed by atoms with Crippen molar-refractivity contribution in [2.75, 3.05) is 26.3 Å². The molecule has 0 spiro atoms. The summed E-state index contributed by atoms with van der Waals surface area (Å²) in [7, 11) is 1.52. The number of nitrogens with zero attached hydrogens (tertiary/aromatic N) is 3. The van der Waals surface area contributed by atoms with Gasteiger partial charge in [0, 0.05) is 29.3 Å². The Balaban J connectivity index is 1.89. The van der Waals surface area contributed by atoms with Gasteiger partial charge in [0.2, 0.25) is 5.82 Å². The third-order valence-corrected chi connectivity index (χ3v) is 5.08. The maximum atomic E-state index is 12.3. The number of benzene rings is 1. The molecule has 128 valence electrons. The topological polar surface area (TPSA) is 103 Å². The number of ether oxygens (including phenoxy) is 1. The Labute approximate surface area is 142 Å². The zero-order valence-corrected chi connectivity index (χ0v) is 14.3. The minimum absolute atomic E-state index is 0.0347. The van der Waals surface area contributed by atoms with Gasteiger partial charge in [-0.3, -0.25) is 4.79 Å². The first-order chi connectivity index (χ1) is 11.4. The van der Waals surface area contributed by atoms with Crippen molar-refractivity contribution in [1.82, 2.24) is 15.0 Å². The van der Waals surface area contributed by atoms with Crippen molar-refractivity contribution in [2.45, 2.75) is 11.8 Å². The monoisotopic (exact) mass is 371 g/mol. The number of carbonyl (C=O) groups is 1. The first-order valence-corrected chi connectivity index (χ1v) is 9.43. The molecule has 10 heteroatoms. The number of halogens is 1. The molecule has 0 N–H and O–H groups in total. The zero-order valence-electron chi connectivity index (χ0n) is 12.7. The van der Waals surface area contributed by atoms with Crippen LogP contribution >= 0.6 is 10.7 Å². The first-order valence-electron chi connectivity index (χ1n) is 7.12. The van der Waals surface area contributed by atoms with Gasteiger partial charge >= 0.3 is 11.8 Å². The fraction of sp³-hybridized carbons (Fsp3) is 0.357. The summed E-state index contributed by atoms with van der Waals surface area (Å²) in [5.41, 5.74) is 0.895. The van der Waals surface area contributed by atoms with Crippen molar-refractivity contribution >= 4 is 25.6 Å². The molecule has 1 aromatic carbocycles. The van der Waals surface area contributed by atoms with Gasteiger partial charge < -0.3 is 14.2 Å². The van der Waals surface area contributed by atoms with Gasteiger partial charge in [-0.05, 0) is 18.6 Å². The Hall–Kier alpha value is -1.97. The van der Waals surface area contributed by atoms with E-state index in [-0.39, 0.29) is 22.5 Å². The molecule has 2 aromatic rings. The van der Waals surface area contributed by atoms with Gasteiger partial charge in [0.05, 0.1) is 18.1 Å². The smallest absolute Gasteiger partial charge is 0.316 e. The van der Waals surface area contributed by atoms with Crippen molar-refractivity contribution < 1.29 is 22.5 Å². The molecule has 1 amide bonds. The van der Waals surface area contributed by atoms with Gasteiger partial charge in [-0.2, -0.15) is 4.98 Å². The summed E-state index contributed by atoms with van der Waals surface area (Å²) < 4.78 is 33.4. The normalized spacial score (nSPS) is 15.5. The highest BCUT2D eigenvalue weighted by molar-refractivity contribution is 8.13. The second kappa shape index (κ2) is 6.50. The predicted molar refractivity (Wildman–Crippen MR) is 84.2 cm³/mol. The summed E-state index contributed by atoms with van der Waals surface area (Å²) in [6.45, 7) is 3.46. The van der Waals surface area contributed by atoms with Gasteiger partial charge in [0.1, 0.15) is 0 Å². The molecule has 24 heavy (non-hydrogen) atoms. The molecule has 0 aliphatic carbocycles. The second-order valence-corrected chi connectivity index (χ2v) is 7.78. The standard InChI is InChI=1S/C14H14ClN3O5S/c1-9-2-3-10(8-11(9)24(15,20)21)12-16-13(23-17-12)14(19)18-4-6-22-7-5-18/h2-3,8H,4-7H2,1H3. The van der Waals surface area contributed by atoms with E-state index in [1.165, 1.54) is 6.07 Å². The molecule has 0 bridgehead atoms. The van der Waals surface area contributed by atoms with Crippen LogP contribution in [0, 0.1) is 6.92 Å². The number of aryl methyl sites for hydroxylation is 1. The maximum absolute atomic E-state index is 12.3. The van der Waals surface area contributed by atoms with E-state index >= 15 is 0 Å². The molecule has 0 unspecified atom stereocenters. The SMILES string of the molecule is Cc1ccc(-c2noc(C(=O)N3CCOCC3)n2)cc1S(=O)(=O)Cl. The summed E-state index contributed by atoms with van der Waals surface area (Å²) in [6.07, 6.45) is 0. The molecular weight excluding hydrogens is 358 g/mol. The third kappa shape index (κ3) is 3.42. The molecule has 1 fully saturated rings. The molecular formula is C14H14ClN3O5S. The fourth-order valence-electron chi connectivity index (χ4n) is 2.33. The van der Waals surface area contributed by atoms with Crippen molar-refractivity contribution in [3.05, 3.63) is 29.7 Å². The first kappa shape index (κ1) is 16.9. The second-order valence-electron chi connectivity index (χ2n) is 5.25. The molecule has 8 nitrogen and oxygen atoms in total. The van der Waals surface area contributed by atoms with Gasteiger partial charge in [-0.25, -0.2) is 8.42 Å². The largest absolute Gasteiger partial charge is 0.378 e. The van der Waals surface area contributed by atoms with E-state index in [4.69, 9.17) is 19.9 Å². The molecule has 1 aromatic heterocycles. The van der Waals surface area contributed by atoms with E-state index in [2.05, 4.69) is 10.1 Å². The van der Waals surface area contributed by atoms with Crippen molar-refractivity contribution in [3.8, 4) is 11.4 Å². The van der Waals surface area contributed by atoms with E-state index in [1.54, 1.807) is 24.0 Å². The maximum Gasteiger partial charge on any atom is 0.316 e. The Bertz CT molecular complexity index is 874. The molecule has 0 atom stereocenters. The zero-order chi connectivity index (χ0) is 17.3. The predicted octanol–water partition coefficient (Wildman–Crippen LogP) is 1.44. The molecule has 1 aliphatic heterocycles. The number of morpholine rings is 1. The summed E-state index contributed by atoms with van der Waals surface area (Å²) in [4.78, 5) is 17.9. The van der Waals surface area contributed by atoms with Gasteiger partial charge in [-0.15, -0.1) is 0 Å². The number of aromatic nitrogens is 2. The van der Waals surface area contributed by atoms with Gasteiger partial charge in [-0.1, -0.05) is 17.3 Å². The quantitative estimate of drug-likeness (QED) is 0.752. The van der Waals surface area contributed by atoms with Crippen LogP contribution in [0.3, 0.4) is 0 Å². The van der Waals surface area contributed by atoms with Crippen molar-refractivity contribution in [2.24, 2.45) is 0 Å². The lowest BCUT2D eigenvalue weighted by Crippen LogP contribution is -2.40. The lowest BCUT2D eigenvalue weighted by molar-refractivity contribution is 0.0272. The molecule has 1 saturated heterocycles. The Morgan fingerprint density at radius 3 is 2.67 bits per heavy atom. The Kier molecular flexibility index (Phi) is 4.57. The number of hydrogen-bond acceptors (Lipinski definition) is 7. The average Bonchev–Trinajstić information content (AvgIpc) is 3.04. The molecule has 0 saturated carbocycles. The van der Waals surface area contributed by atoms with Crippen LogP contribution in [-0.4, -0.2) is 55.7 Å². The summed E-state index contributed by atoms with van der Waals surface area (Å²) in [6, 6.07) is 4.57. The van der Waals surface area contributed by atoms with Crippen molar-refractivity contribution in [3.63, 3.8) is 0 Å². The number of hydrogen-bond donors (Lipinski definition) is 0. The highest BCUT2D eigenvalue weighted by Crippen LogP contribution is 2.25. The minimum Gasteiger partial charge on any atom is -0.378 e. The Morgan fingerprint density at radius 2 is 2.00 bits per heavy atom. The van der Waals surface area contributed by atoms with Crippen LogP contribution in [0.2, 0.25) is 0 Å². The number of rotatable bonds is 3. The van der Waals surface area contributed by atoms with Gasteiger partial charge in [0.25, 0.3) is 9.05 Å². The van der Waals surface area contributed by atoms with E-state index in [9.17, 15) is 13.2 Å². The molecule has 1 aliphatic rings. The van der Waals surface area contributed by atoms with Crippen LogP contribution in [0.15, 0.2) is 27.6 Å². The van der Waals surface area contributed by atoms with Crippen LogP contribution in [0.25, 0.3) is 11.4 Å². The lowest BCUT2D eigenvalue weighted by Gasteiger charge is -2.25. The molecule has 3 rings (SSSR count). The third-order valence-electron chi connectivity index (χ3n) is 3.62. The number of amides is 1.